The lowest BCUT2D eigenvalue weighted by Gasteiger charge is -2.22. The van der Waals surface area contributed by atoms with Crippen molar-refractivity contribution in [3.05, 3.63) is 29.3 Å². The summed E-state index contributed by atoms with van der Waals surface area (Å²) in [5.41, 5.74) is 2.67. The Kier molecular flexibility index (Phi) is 4.58. The molecule has 2 atom stereocenters. The largest absolute Gasteiger partial charge is 0.488 e. The van der Waals surface area contributed by atoms with Gasteiger partial charge in [0.2, 0.25) is 0 Å². The summed E-state index contributed by atoms with van der Waals surface area (Å²) in [5.74, 6) is 1.07. The zero-order valence-corrected chi connectivity index (χ0v) is 12.4. The first-order valence-electron chi connectivity index (χ1n) is 7.90. The van der Waals surface area contributed by atoms with E-state index in [1.807, 2.05) is 0 Å². The molecular weight excluding hydrogens is 250 g/mol. The highest BCUT2D eigenvalue weighted by Crippen LogP contribution is 2.29. The highest BCUT2D eigenvalue weighted by atomic mass is 16.5. The van der Waals surface area contributed by atoms with Gasteiger partial charge < -0.3 is 14.8 Å². The number of hydrogen-bond donors (Lipinski definition) is 1. The second kappa shape index (κ2) is 6.59. The first-order valence-corrected chi connectivity index (χ1v) is 7.90. The Labute approximate surface area is 121 Å². The minimum absolute atomic E-state index is 0.291. The van der Waals surface area contributed by atoms with Crippen LogP contribution < -0.4 is 10.1 Å². The van der Waals surface area contributed by atoms with E-state index >= 15 is 0 Å². The molecule has 2 unspecified atom stereocenters. The quantitative estimate of drug-likeness (QED) is 0.838. The van der Waals surface area contributed by atoms with Crippen LogP contribution in [0.3, 0.4) is 0 Å². The Morgan fingerprint density at radius 3 is 3.05 bits per heavy atom. The molecule has 1 fully saturated rings. The monoisotopic (exact) mass is 275 g/mol. The normalized spacial score (nSPS) is 25.2. The van der Waals surface area contributed by atoms with Crippen molar-refractivity contribution in [3.63, 3.8) is 0 Å². The van der Waals surface area contributed by atoms with E-state index in [1.54, 1.807) is 0 Å². The maximum Gasteiger partial charge on any atom is 0.123 e. The maximum atomic E-state index is 5.96. The van der Waals surface area contributed by atoms with E-state index in [4.69, 9.17) is 9.47 Å². The van der Waals surface area contributed by atoms with Crippen LogP contribution >= 0.6 is 0 Å². The van der Waals surface area contributed by atoms with E-state index < -0.39 is 0 Å². The number of benzene rings is 1. The van der Waals surface area contributed by atoms with Gasteiger partial charge in [-0.05, 0) is 50.8 Å². The molecule has 0 bridgehead atoms. The molecule has 1 aromatic rings. The number of nitrogens with one attached hydrogen (secondary N) is 1. The van der Waals surface area contributed by atoms with Gasteiger partial charge in [-0.15, -0.1) is 0 Å². The molecule has 0 radical (unpaired) electrons. The first kappa shape index (κ1) is 13.9. The van der Waals surface area contributed by atoms with Crippen LogP contribution in [0.4, 0.5) is 0 Å². The fourth-order valence-electron chi connectivity index (χ4n) is 3.12. The van der Waals surface area contributed by atoms with Crippen LogP contribution in [0.1, 0.15) is 36.8 Å². The molecule has 20 heavy (non-hydrogen) atoms. The van der Waals surface area contributed by atoms with E-state index in [-0.39, 0.29) is 0 Å². The van der Waals surface area contributed by atoms with Gasteiger partial charge in [0.05, 0.1) is 6.10 Å². The summed E-state index contributed by atoms with van der Waals surface area (Å²) in [6.07, 6.45) is 6.71. The average Bonchev–Trinajstić information content (AvgIpc) is 2.86. The number of ether oxygens (including phenoxy) is 2. The van der Waals surface area contributed by atoms with Crippen LogP contribution in [0.2, 0.25) is 0 Å². The summed E-state index contributed by atoms with van der Waals surface area (Å²) in [7, 11) is 0. The molecule has 0 aromatic heterocycles. The van der Waals surface area contributed by atoms with Gasteiger partial charge in [0, 0.05) is 19.6 Å². The lowest BCUT2D eigenvalue weighted by molar-refractivity contribution is 0.0113. The van der Waals surface area contributed by atoms with Crippen molar-refractivity contribution in [2.24, 2.45) is 0 Å². The van der Waals surface area contributed by atoms with E-state index in [9.17, 15) is 0 Å². The molecule has 3 nitrogen and oxygen atoms in total. The summed E-state index contributed by atoms with van der Waals surface area (Å²) >= 11 is 0. The van der Waals surface area contributed by atoms with Crippen molar-refractivity contribution >= 4 is 0 Å². The Morgan fingerprint density at radius 1 is 1.25 bits per heavy atom. The summed E-state index contributed by atoms with van der Waals surface area (Å²) < 4.78 is 11.7. The molecule has 0 amide bonds. The minimum Gasteiger partial charge on any atom is -0.488 e. The Morgan fingerprint density at radius 2 is 2.20 bits per heavy atom. The fourth-order valence-corrected chi connectivity index (χ4v) is 3.12. The predicted molar refractivity (Wildman–Crippen MR) is 80.4 cm³/mol. The zero-order chi connectivity index (χ0) is 13.8. The molecule has 2 aliphatic rings. The SMILES string of the molecule is Cc1ccc2c(c1)CC(CNCCC1CCCCO1)O2. The third-order valence-electron chi connectivity index (χ3n) is 4.25. The Balaban J connectivity index is 1.36. The van der Waals surface area contributed by atoms with Gasteiger partial charge in [-0.3, -0.25) is 0 Å². The molecule has 0 spiro atoms. The third kappa shape index (κ3) is 3.53. The van der Waals surface area contributed by atoms with Crippen molar-refractivity contribution in [1.82, 2.24) is 5.32 Å². The predicted octanol–water partition coefficient (Wildman–Crippen LogP) is 2.85. The van der Waals surface area contributed by atoms with Crippen molar-refractivity contribution in [2.75, 3.05) is 19.7 Å². The first-order chi connectivity index (χ1) is 9.81. The Hall–Kier alpha value is -1.06. The van der Waals surface area contributed by atoms with Crippen molar-refractivity contribution in [1.29, 1.82) is 0 Å². The van der Waals surface area contributed by atoms with Gasteiger partial charge in [0.15, 0.2) is 0 Å². The molecule has 3 heteroatoms. The van der Waals surface area contributed by atoms with Gasteiger partial charge in [-0.1, -0.05) is 17.7 Å². The molecule has 110 valence electrons. The van der Waals surface area contributed by atoms with E-state index in [1.165, 1.54) is 30.4 Å². The molecule has 2 aliphatic heterocycles. The van der Waals surface area contributed by atoms with Crippen molar-refractivity contribution in [3.8, 4) is 5.75 Å². The average molecular weight is 275 g/mol. The topological polar surface area (TPSA) is 30.5 Å². The van der Waals surface area contributed by atoms with E-state index in [2.05, 4.69) is 30.4 Å². The zero-order valence-electron chi connectivity index (χ0n) is 12.4. The molecule has 1 saturated heterocycles. The van der Waals surface area contributed by atoms with Crippen LogP contribution in [0.5, 0.6) is 5.75 Å². The second-order valence-corrected chi connectivity index (χ2v) is 6.04. The third-order valence-corrected chi connectivity index (χ3v) is 4.25. The fraction of sp³-hybridized carbons (Fsp3) is 0.647. The number of aryl methyl sites for hydroxylation is 1. The van der Waals surface area contributed by atoms with Crippen LogP contribution in [0, 0.1) is 6.92 Å². The Bertz CT molecular complexity index is 441. The van der Waals surface area contributed by atoms with E-state index in [0.29, 0.717) is 12.2 Å². The molecule has 2 heterocycles. The number of rotatable bonds is 5. The summed E-state index contributed by atoms with van der Waals surface area (Å²) in [4.78, 5) is 0. The maximum absolute atomic E-state index is 5.96. The minimum atomic E-state index is 0.291. The van der Waals surface area contributed by atoms with Crippen molar-refractivity contribution < 1.29 is 9.47 Å². The molecular formula is C17H25NO2. The van der Waals surface area contributed by atoms with Gasteiger partial charge in [0.25, 0.3) is 0 Å². The summed E-state index contributed by atoms with van der Waals surface area (Å²) in [5, 5.41) is 3.52. The second-order valence-electron chi connectivity index (χ2n) is 6.04. The standard InChI is InChI=1S/C17H25NO2/c1-13-5-6-17-14(10-13)11-16(20-17)12-18-8-7-15-4-2-3-9-19-15/h5-6,10,15-16,18H,2-4,7-9,11-12H2,1H3. The summed E-state index contributed by atoms with van der Waals surface area (Å²) in [6, 6.07) is 6.46. The van der Waals surface area contributed by atoms with Crippen molar-refractivity contribution in [2.45, 2.75) is 51.2 Å². The highest BCUT2D eigenvalue weighted by Gasteiger charge is 2.22. The highest BCUT2D eigenvalue weighted by molar-refractivity contribution is 5.40. The molecule has 3 rings (SSSR count). The van der Waals surface area contributed by atoms with Gasteiger partial charge >= 0.3 is 0 Å². The smallest absolute Gasteiger partial charge is 0.123 e. The lowest BCUT2D eigenvalue weighted by atomic mass is 10.1. The van der Waals surface area contributed by atoms with Gasteiger partial charge in [-0.25, -0.2) is 0 Å². The lowest BCUT2D eigenvalue weighted by Crippen LogP contribution is -2.32. The van der Waals surface area contributed by atoms with E-state index in [0.717, 1.165) is 38.3 Å². The van der Waals surface area contributed by atoms with Crippen LogP contribution in [-0.2, 0) is 11.2 Å². The molecule has 1 aromatic carbocycles. The molecule has 0 aliphatic carbocycles. The van der Waals surface area contributed by atoms with Crippen LogP contribution in [-0.4, -0.2) is 31.9 Å². The van der Waals surface area contributed by atoms with Crippen LogP contribution in [0.15, 0.2) is 18.2 Å². The van der Waals surface area contributed by atoms with Gasteiger partial charge in [0.1, 0.15) is 11.9 Å². The summed E-state index contributed by atoms with van der Waals surface area (Å²) in [6.45, 7) is 5.04. The van der Waals surface area contributed by atoms with Crippen LogP contribution in [0.25, 0.3) is 0 Å². The van der Waals surface area contributed by atoms with Gasteiger partial charge in [-0.2, -0.15) is 0 Å². The number of fused-ring (bicyclic) bond motifs is 1. The number of hydrogen-bond acceptors (Lipinski definition) is 3. The molecule has 0 saturated carbocycles. The molecule has 1 N–H and O–H groups in total.